The molecule has 1 aliphatic heterocycles. The Balaban J connectivity index is 1.62. The number of carbonyl (C=O) groups is 1. The average Bonchev–Trinajstić information content (AvgIpc) is 3.07. The summed E-state index contributed by atoms with van der Waals surface area (Å²) in [6.07, 6.45) is 7.29. The number of amides is 1. The zero-order valence-electron chi connectivity index (χ0n) is 11.7. The summed E-state index contributed by atoms with van der Waals surface area (Å²) in [7, 11) is 0. The minimum absolute atomic E-state index is 0.0333. The van der Waals surface area contributed by atoms with Gasteiger partial charge in [-0.3, -0.25) is 4.79 Å². The quantitative estimate of drug-likeness (QED) is 0.816. The fourth-order valence-corrected chi connectivity index (χ4v) is 3.91. The van der Waals surface area contributed by atoms with Gasteiger partial charge in [0, 0.05) is 19.0 Å². The second kappa shape index (κ2) is 3.96. The Morgan fingerprint density at radius 3 is 2.39 bits per heavy atom. The van der Waals surface area contributed by atoms with Gasteiger partial charge in [-0.1, -0.05) is 26.7 Å². The van der Waals surface area contributed by atoms with Crippen molar-refractivity contribution in [1.82, 2.24) is 4.90 Å². The summed E-state index contributed by atoms with van der Waals surface area (Å²) in [5.41, 5.74) is 6.49. The predicted molar refractivity (Wildman–Crippen MR) is 72.0 cm³/mol. The molecule has 2 aliphatic carbocycles. The SMILES string of the molecule is CC1(C)CCCCC1C(=O)N1CC(N)(C2CC2)C1. The summed E-state index contributed by atoms with van der Waals surface area (Å²) in [6, 6.07) is 0. The van der Waals surface area contributed by atoms with E-state index in [1.165, 1.54) is 32.1 Å². The van der Waals surface area contributed by atoms with Crippen LogP contribution in [0.4, 0.5) is 0 Å². The fourth-order valence-electron chi connectivity index (χ4n) is 3.91. The Morgan fingerprint density at radius 2 is 1.83 bits per heavy atom. The largest absolute Gasteiger partial charge is 0.339 e. The van der Waals surface area contributed by atoms with Gasteiger partial charge in [-0.05, 0) is 37.0 Å². The third kappa shape index (κ3) is 1.97. The number of likely N-dealkylation sites (tertiary alicyclic amines) is 1. The highest BCUT2D eigenvalue weighted by Gasteiger charge is 2.53. The molecule has 0 aromatic carbocycles. The highest BCUT2D eigenvalue weighted by Crippen LogP contribution is 2.46. The Bertz CT molecular complexity index is 354. The van der Waals surface area contributed by atoms with Crippen molar-refractivity contribution in [2.75, 3.05) is 13.1 Å². The van der Waals surface area contributed by atoms with Crippen molar-refractivity contribution < 1.29 is 4.79 Å². The van der Waals surface area contributed by atoms with Gasteiger partial charge < -0.3 is 10.6 Å². The number of nitrogens with two attached hydrogens (primary N) is 1. The maximum absolute atomic E-state index is 12.6. The highest BCUT2D eigenvalue weighted by atomic mass is 16.2. The van der Waals surface area contributed by atoms with E-state index in [1.807, 2.05) is 4.90 Å². The minimum atomic E-state index is -0.0333. The summed E-state index contributed by atoms with van der Waals surface area (Å²) in [5, 5.41) is 0. The fraction of sp³-hybridized carbons (Fsp3) is 0.933. The number of carbonyl (C=O) groups excluding carboxylic acids is 1. The van der Waals surface area contributed by atoms with Crippen LogP contribution in [-0.2, 0) is 4.79 Å². The van der Waals surface area contributed by atoms with Gasteiger partial charge >= 0.3 is 0 Å². The van der Waals surface area contributed by atoms with Crippen LogP contribution >= 0.6 is 0 Å². The van der Waals surface area contributed by atoms with E-state index in [4.69, 9.17) is 5.73 Å². The van der Waals surface area contributed by atoms with Crippen LogP contribution in [0.2, 0.25) is 0 Å². The summed E-state index contributed by atoms with van der Waals surface area (Å²) in [6.45, 7) is 6.13. The molecule has 2 saturated carbocycles. The van der Waals surface area contributed by atoms with Gasteiger partial charge in [0.2, 0.25) is 5.91 Å². The molecule has 3 rings (SSSR count). The molecule has 1 amide bonds. The standard InChI is InChI=1S/C15H26N2O/c1-14(2)8-4-3-5-12(14)13(18)17-9-15(16,10-17)11-6-7-11/h11-12H,3-10,16H2,1-2H3. The molecule has 3 fully saturated rings. The van der Waals surface area contributed by atoms with E-state index in [2.05, 4.69) is 13.8 Å². The van der Waals surface area contributed by atoms with Crippen LogP contribution < -0.4 is 5.73 Å². The Kier molecular flexibility index (Phi) is 2.74. The van der Waals surface area contributed by atoms with Crippen molar-refractivity contribution in [1.29, 1.82) is 0 Å². The van der Waals surface area contributed by atoms with Gasteiger partial charge in [0.05, 0.1) is 5.54 Å². The predicted octanol–water partition coefficient (Wildman–Crippen LogP) is 2.15. The number of nitrogens with zero attached hydrogens (tertiary/aromatic N) is 1. The molecule has 18 heavy (non-hydrogen) atoms. The van der Waals surface area contributed by atoms with Gasteiger partial charge in [-0.25, -0.2) is 0 Å². The van der Waals surface area contributed by atoms with Crippen molar-refractivity contribution >= 4 is 5.91 Å². The molecule has 3 aliphatic rings. The van der Waals surface area contributed by atoms with E-state index in [9.17, 15) is 4.79 Å². The number of hydrogen-bond donors (Lipinski definition) is 1. The molecule has 1 heterocycles. The first kappa shape index (κ1) is 12.5. The maximum Gasteiger partial charge on any atom is 0.226 e. The first-order chi connectivity index (χ1) is 8.42. The van der Waals surface area contributed by atoms with Crippen molar-refractivity contribution in [3.05, 3.63) is 0 Å². The van der Waals surface area contributed by atoms with Crippen LogP contribution in [0.3, 0.4) is 0 Å². The highest BCUT2D eigenvalue weighted by molar-refractivity contribution is 5.81. The lowest BCUT2D eigenvalue weighted by atomic mass is 9.67. The molecule has 3 nitrogen and oxygen atoms in total. The topological polar surface area (TPSA) is 46.3 Å². The molecule has 1 atom stereocenters. The first-order valence-electron chi connectivity index (χ1n) is 7.50. The smallest absolute Gasteiger partial charge is 0.226 e. The van der Waals surface area contributed by atoms with Crippen LogP contribution in [0, 0.1) is 17.3 Å². The minimum Gasteiger partial charge on any atom is -0.339 e. The van der Waals surface area contributed by atoms with E-state index in [1.54, 1.807) is 0 Å². The molecule has 0 radical (unpaired) electrons. The Hall–Kier alpha value is -0.570. The molecule has 0 bridgehead atoms. The number of hydrogen-bond acceptors (Lipinski definition) is 2. The molecule has 2 N–H and O–H groups in total. The van der Waals surface area contributed by atoms with E-state index in [0.717, 1.165) is 19.5 Å². The lowest BCUT2D eigenvalue weighted by molar-refractivity contribution is -0.149. The molecule has 0 aromatic rings. The van der Waals surface area contributed by atoms with E-state index < -0.39 is 0 Å². The second-order valence-electron chi connectivity index (χ2n) is 7.49. The zero-order valence-corrected chi connectivity index (χ0v) is 11.7. The van der Waals surface area contributed by atoms with Crippen molar-refractivity contribution in [2.45, 2.75) is 57.9 Å². The van der Waals surface area contributed by atoms with Crippen LogP contribution in [0.5, 0.6) is 0 Å². The van der Waals surface area contributed by atoms with E-state index in [-0.39, 0.29) is 16.9 Å². The third-order valence-electron chi connectivity index (χ3n) is 5.48. The Morgan fingerprint density at radius 1 is 1.17 bits per heavy atom. The molecule has 0 aromatic heterocycles. The van der Waals surface area contributed by atoms with Gasteiger partial charge in [-0.2, -0.15) is 0 Å². The van der Waals surface area contributed by atoms with E-state index in [0.29, 0.717) is 11.8 Å². The molecule has 1 saturated heterocycles. The van der Waals surface area contributed by atoms with Crippen molar-refractivity contribution in [3.8, 4) is 0 Å². The van der Waals surface area contributed by atoms with Crippen molar-refractivity contribution in [2.24, 2.45) is 23.0 Å². The summed E-state index contributed by atoms with van der Waals surface area (Å²) >= 11 is 0. The summed E-state index contributed by atoms with van der Waals surface area (Å²) < 4.78 is 0. The van der Waals surface area contributed by atoms with Gasteiger partial charge in [0.1, 0.15) is 0 Å². The second-order valence-corrected chi connectivity index (χ2v) is 7.49. The summed E-state index contributed by atoms with van der Waals surface area (Å²) in [4.78, 5) is 14.6. The molecule has 0 spiro atoms. The maximum atomic E-state index is 12.6. The van der Waals surface area contributed by atoms with Gasteiger partial charge in [-0.15, -0.1) is 0 Å². The molecular weight excluding hydrogens is 224 g/mol. The van der Waals surface area contributed by atoms with Gasteiger partial charge in [0.15, 0.2) is 0 Å². The third-order valence-corrected chi connectivity index (χ3v) is 5.48. The molecule has 3 heteroatoms. The van der Waals surface area contributed by atoms with Crippen LogP contribution in [0.1, 0.15) is 52.4 Å². The van der Waals surface area contributed by atoms with E-state index >= 15 is 0 Å². The first-order valence-corrected chi connectivity index (χ1v) is 7.50. The van der Waals surface area contributed by atoms with Gasteiger partial charge in [0.25, 0.3) is 0 Å². The zero-order chi connectivity index (χ0) is 13.0. The lowest BCUT2D eigenvalue weighted by Crippen LogP contribution is -2.71. The summed E-state index contributed by atoms with van der Waals surface area (Å²) in [5.74, 6) is 1.30. The van der Waals surface area contributed by atoms with Crippen LogP contribution in [-0.4, -0.2) is 29.4 Å². The monoisotopic (exact) mass is 250 g/mol. The molecule has 102 valence electrons. The average molecular weight is 250 g/mol. The van der Waals surface area contributed by atoms with Crippen molar-refractivity contribution in [3.63, 3.8) is 0 Å². The van der Waals surface area contributed by atoms with Crippen LogP contribution in [0.15, 0.2) is 0 Å². The Labute approximate surface area is 110 Å². The number of rotatable bonds is 2. The normalized spacial score (nSPS) is 33.9. The molecule has 1 unspecified atom stereocenters. The molecular formula is C15H26N2O. The van der Waals surface area contributed by atoms with Crippen LogP contribution in [0.25, 0.3) is 0 Å². The lowest BCUT2D eigenvalue weighted by Gasteiger charge is -2.51.